The largest absolute Gasteiger partial charge is 0.416 e. The lowest BCUT2D eigenvalue weighted by Crippen LogP contribution is -2.34. The highest BCUT2D eigenvalue weighted by molar-refractivity contribution is 6.04. The second kappa shape index (κ2) is 10.8. The number of carbonyl (C=O) groups is 2. The van der Waals surface area contributed by atoms with Gasteiger partial charge in [0.1, 0.15) is 22.9 Å². The maximum absolute atomic E-state index is 13.0. The Hall–Kier alpha value is -4.74. The van der Waals surface area contributed by atoms with Gasteiger partial charge in [-0.3, -0.25) is 14.0 Å². The first-order chi connectivity index (χ1) is 19.2. The maximum atomic E-state index is 13.0. The standard InChI is InChI=1S/C28H26F3N7O2/c1-3-21-14-34-25(32-2)24-23(36-26(38(21)24)19-5-4-12-37(15-19)16-39)17-6-8-18(9-7-17)27(40)35-22-13-20(10-11-33-22)28(29,30)31/h3,6-11,13-14,16,19H,1,4-5,12,15H2,2H3,(H,32,34)(H,33,35,40). The van der Waals surface area contributed by atoms with Crippen molar-refractivity contribution in [3.8, 4) is 11.3 Å². The Morgan fingerprint density at radius 1 is 1.18 bits per heavy atom. The second-order valence-electron chi connectivity index (χ2n) is 9.39. The van der Waals surface area contributed by atoms with Crippen molar-refractivity contribution in [3.05, 3.63) is 78.0 Å². The number of hydrogen-bond donors (Lipinski definition) is 2. The van der Waals surface area contributed by atoms with Gasteiger partial charge in [-0.25, -0.2) is 15.0 Å². The van der Waals surface area contributed by atoms with Crippen LogP contribution in [-0.4, -0.2) is 56.7 Å². The third-order valence-electron chi connectivity index (χ3n) is 6.87. The Morgan fingerprint density at radius 2 is 1.95 bits per heavy atom. The first kappa shape index (κ1) is 26.9. The van der Waals surface area contributed by atoms with E-state index in [1.165, 1.54) is 0 Å². The molecule has 1 unspecified atom stereocenters. The average molecular weight is 550 g/mol. The molecular formula is C28H26F3N7O2. The van der Waals surface area contributed by atoms with Gasteiger partial charge in [-0.05, 0) is 43.2 Å². The summed E-state index contributed by atoms with van der Waals surface area (Å²) < 4.78 is 41.1. The molecule has 9 nitrogen and oxygen atoms in total. The summed E-state index contributed by atoms with van der Waals surface area (Å²) in [4.78, 5) is 39.4. The summed E-state index contributed by atoms with van der Waals surface area (Å²) in [5.41, 5.74) is 2.14. The predicted molar refractivity (Wildman–Crippen MR) is 145 cm³/mol. The van der Waals surface area contributed by atoms with E-state index in [-0.39, 0.29) is 17.3 Å². The number of carbonyl (C=O) groups excluding carboxylic acids is 2. The lowest BCUT2D eigenvalue weighted by molar-refractivity contribution is -0.137. The monoisotopic (exact) mass is 549 g/mol. The number of halogens is 3. The fourth-order valence-electron chi connectivity index (χ4n) is 4.93. The van der Waals surface area contributed by atoms with Crippen LogP contribution in [0.15, 0.2) is 55.4 Å². The number of piperidine rings is 1. The van der Waals surface area contributed by atoms with Crippen molar-refractivity contribution < 1.29 is 22.8 Å². The molecule has 4 aromatic rings. The zero-order chi connectivity index (χ0) is 28.4. The van der Waals surface area contributed by atoms with Gasteiger partial charge >= 0.3 is 6.18 Å². The van der Waals surface area contributed by atoms with Crippen molar-refractivity contribution in [1.82, 2.24) is 24.3 Å². The van der Waals surface area contributed by atoms with E-state index in [4.69, 9.17) is 4.98 Å². The highest BCUT2D eigenvalue weighted by atomic mass is 19.4. The number of nitrogens with zero attached hydrogens (tertiary/aromatic N) is 5. The van der Waals surface area contributed by atoms with Gasteiger partial charge < -0.3 is 15.5 Å². The molecule has 206 valence electrons. The zero-order valence-electron chi connectivity index (χ0n) is 21.6. The van der Waals surface area contributed by atoms with Gasteiger partial charge in [-0.2, -0.15) is 13.2 Å². The van der Waals surface area contributed by atoms with Crippen LogP contribution in [0.3, 0.4) is 0 Å². The summed E-state index contributed by atoms with van der Waals surface area (Å²) in [7, 11) is 1.76. The van der Waals surface area contributed by atoms with Crippen molar-refractivity contribution in [2.24, 2.45) is 0 Å². The lowest BCUT2D eigenvalue weighted by Gasteiger charge is -2.29. The quantitative estimate of drug-likeness (QED) is 0.312. The molecule has 2 amide bonds. The lowest BCUT2D eigenvalue weighted by atomic mass is 9.97. The van der Waals surface area contributed by atoms with Crippen molar-refractivity contribution in [1.29, 1.82) is 0 Å². The van der Waals surface area contributed by atoms with Gasteiger partial charge in [-0.1, -0.05) is 18.7 Å². The molecule has 1 aromatic carbocycles. The first-order valence-corrected chi connectivity index (χ1v) is 12.6. The smallest absolute Gasteiger partial charge is 0.371 e. The number of pyridine rings is 1. The number of rotatable bonds is 7. The molecular weight excluding hydrogens is 523 g/mol. The van der Waals surface area contributed by atoms with Crippen molar-refractivity contribution >= 4 is 35.5 Å². The van der Waals surface area contributed by atoms with Crippen LogP contribution in [-0.2, 0) is 11.0 Å². The van der Waals surface area contributed by atoms with E-state index in [0.29, 0.717) is 30.2 Å². The molecule has 1 fully saturated rings. The molecule has 40 heavy (non-hydrogen) atoms. The van der Waals surface area contributed by atoms with E-state index in [9.17, 15) is 22.8 Å². The van der Waals surface area contributed by atoms with Crippen LogP contribution in [0.1, 0.15) is 46.2 Å². The minimum absolute atomic E-state index is 0.00369. The Kier molecular flexibility index (Phi) is 7.24. The van der Waals surface area contributed by atoms with Crippen molar-refractivity contribution in [3.63, 3.8) is 0 Å². The van der Waals surface area contributed by atoms with Gasteiger partial charge in [0.25, 0.3) is 5.91 Å². The van der Waals surface area contributed by atoms with E-state index in [1.807, 2.05) is 4.40 Å². The maximum Gasteiger partial charge on any atom is 0.416 e. The molecule has 4 heterocycles. The minimum atomic E-state index is -4.55. The number of anilines is 2. The highest BCUT2D eigenvalue weighted by Crippen LogP contribution is 2.36. The Labute approximate surface area is 227 Å². The molecule has 0 saturated carbocycles. The molecule has 5 rings (SSSR count). The van der Waals surface area contributed by atoms with E-state index < -0.39 is 17.6 Å². The molecule has 1 aliphatic rings. The summed E-state index contributed by atoms with van der Waals surface area (Å²) in [5.74, 6) is 0.572. The summed E-state index contributed by atoms with van der Waals surface area (Å²) in [6, 6.07) is 8.21. The SMILES string of the molecule is C=Cc1cnc(NC)c2c(-c3ccc(C(=O)Nc4cc(C(F)(F)F)ccn4)cc3)nc(C3CCCN(C=O)C3)n12. The number of likely N-dealkylation sites (tertiary alicyclic amines) is 1. The van der Waals surface area contributed by atoms with Crippen LogP contribution in [0.2, 0.25) is 0 Å². The van der Waals surface area contributed by atoms with Crippen molar-refractivity contribution in [2.45, 2.75) is 24.9 Å². The predicted octanol–water partition coefficient (Wildman–Crippen LogP) is 5.08. The van der Waals surface area contributed by atoms with Gasteiger partial charge in [0.15, 0.2) is 5.82 Å². The summed E-state index contributed by atoms with van der Waals surface area (Å²) in [5, 5.41) is 5.53. The van der Waals surface area contributed by atoms with Crippen LogP contribution in [0.5, 0.6) is 0 Å². The average Bonchev–Trinajstić information content (AvgIpc) is 3.37. The Balaban J connectivity index is 1.51. The van der Waals surface area contributed by atoms with Crippen LogP contribution in [0, 0.1) is 0 Å². The van der Waals surface area contributed by atoms with Gasteiger partial charge in [0.2, 0.25) is 6.41 Å². The molecule has 1 aliphatic heterocycles. The molecule has 1 saturated heterocycles. The number of fused-ring (bicyclic) bond motifs is 1. The van der Waals surface area contributed by atoms with Gasteiger partial charge in [-0.15, -0.1) is 0 Å². The van der Waals surface area contributed by atoms with Crippen LogP contribution in [0.4, 0.5) is 24.8 Å². The third-order valence-corrected chi connectivity index (χ3v) is 6.87. The molecule has 0 radical (unpaired) electrons. The Morgan fingerprint density at radius 3 is 2.62 bits per heavy atom. The van der Waals surface area contributed by atoms with Gasteiger partial charge in [0, 0.05) is 43.4 Å². The number of aromatic nitrogens is 4. The van der Waals surface area contributed by atoms with Crippen LogP contribution < -0.4 is 10.6 Å². The highest BCUT2D eigenvalue weighted by Gasteiger charge is 2.31. The topological polar surface area (TPSA) is 105 Å². The fourth-order valence-corrected chi connectivity index (χ4v) is 4.93. The number of imidazole rings is 1. The molecule has 3 aromatic heterocycles. The van der Waals surface area contributed by atoms with Crippen LogP contribution >= 0.6 is 0 Å². The molecule has 0 spiro atoms. The summed E-state index contributed by atoms with van der Waals surface area (Å²) in [6.07, 6.45) is 2.42. The normalized spacial score (nSPS) is 15.6. The van der Waals surface area contributed by atoms with Crippen molar-refractivity contribution in [2.75, 3.05) is 30.8 Å². The number of amides is 2. The van der Waals surface area contributed by atoms with E-state index in [0.717, 1.165) is 54.6 Å². The zero-order valence-corrected chi connectivity index (χ0v) is 21.6. The second-order valence-corrected chi connectivity index (χ2v) is 9.39. The molecule has 2 N–H and O–H groups in total. The van der Waals surface area contributed by atoms with Crippen LogP contribution in [0.25, 0.3) is 22.9 Å². The number of nitrogens with one attached hydrogen (secondary N) is 2. The van der Waals surface area contributed by atoms with E-state index in [1.54, 1.807) is 48.5 Å². The fraction of sp³-hybridized carbons (Fsp3) is 0.250. The number of alkyl halides is 3. The van der Waals surface area contributed by atoms with E-state index >= 15 is 0 Å². The van der Waals surface area contributed by atoms with Gasteiger partial charge in [0.05, 0.1) is 17.5 Å². The minimum Gasteiger partial charge on any atom is -0.371 e. The molecule has 12 heteroatoms. The number of hydrogen-bond acceptors (Lipinski definition) is 6. The molecule has 1 atom stereocenters. The number of benzene rings is 1. The molecule has 0 bridgehead atoms. The third kappa shape index (κ3) is 5.12. The van der Waals surface area contributed by atoms with E-state index in [2.05, 4.69) is 27.2 Å². The summed E-state index contributed by atoms with van der Waals surface area (Å²) >= 11 is 0. The molecule has 0 aliphatic carbocycles. The summed E-state index contributed by atoms with van der Waals surface area (Å²) in [6.45, 7) is 5.17. The first-order valence-electron chi connectivity index (χ1n) is 12.6. The Bertz CT molecular complexity index is 1580.